The summed E-state index contributed by atoms with van der Waals surface area (Å²) < 4.78 is 12.8. The number of carbonyl (C=O) groups is 4. The molecule has 1 saturated heterocycles. The van der Waals surface area contributed by atoms with Crippen molar-refractivity contribution in [3.05, 3.63) is 28.6 Å². The van der Waals surface area contributed by atoms with Gasteiger partial charge in [-0.3, -0.25) is 20.0 Å². The Morgan fingerprint density at radius 2 is 0.584 bits per heavy atom. The van der Waals surface area contributed by atoms with E-state index < -0.39 is 34.9 Å². The second-order valence-electron chi connectivity index (χ2n) is 30.0. The van der Waals surface area contributed by atoms with Crippen LogP contribution in [0.1, 0.15) is 73.6 Å². The number of nitrogens with one attached hydrogen (secondary N) is 2. The van der Waals surface area contributed by atoms with Crippen molar-refractivity contribution in [2.75, 3.05) is 19.5 Å². The van der Waals surface area contributed by atoms with Gasteiger partial charge in [0, 0.05) is 12.8 Å². The SMILES string of the molecule is COC(=O)C1N(C(=O)CCCCCCCCC(=O)Nc2nc[nH]n2)C(C(=O)OC)C23c4c5c6c7c8c9c(c%10c%11c2c2c4c4c%12c5c5c6c6c8c8c%13c9c9c%10c%10c%11c%11c2c2c4c4c%12c%12c5c5c6c8c6c8c%13c9c9c%10c%10c%11c2c2c4c4c%12c5c6c5c8c9c%10c2c45)C713. The molecule has 0 bridgehead atoms. The van der Waals surface area contributed by atoms with Gasteiger partial charge >= 0.3 is 11.9 Å². The number of benzene rings is 18. The molecule has 5 aliphatic rings. The molecule has 34 rings (SSSR count). The maximum atomic E-state index is 16.8. The van der Waals surface area contributed by atoms with Crippen LogP contribution >= 0.6 is 0 Å². The molecule has 2 N–H and O–H groups in total. The number of ether oxygens (including phenoxy) is 2. The highest BCUT2D eigenvalue weighted by atomic mass is 16.5. The van der Waals surface area contributed by atoms with Gasteiger partial charge in [-0.15, -0.1) is 5.10 Å². The number of methoxy groups -OCH3 is 2. The van der Waals surface area contributed by atoms with Gasteiger partial charge in [-0.2, -0.15) is 0 Å². The fraction of sp³-hybridized carbons (Fsp3) is 0.179. The summed E-state index contributed by atoms with van der Waals surface area (Å²) in [6, 6.07) is -2.41. The third-order valence-corrected chi connectivity index (χ3v) is 28.7. The van der Waals surface area contributed by atoms with Crippen LogP contribution in [0.15, 0.2) is 6.33 Å². The molecule has 2 spiro atoms. The van der Waals surface area contributed by atoms with E-state index in [1.807, 2.05) is 4.90 Å². The van der Waals surface area contributed by atoms with Crippen molar-refractivity contribution in [1.82, 2.24) is 20.1 Å². The zero-order valence-corrected chi connectivity index (χ0v) is 46.7. The summed E-state index contributed by atoms with van der Waals surface area (Å²) in [5.41, 5.74) is 2.14. The first-order valence-corrected chi connectivity index (χ1v) is 32.4. The number of unbranched alkanes of at least 4 members (excludes halogenated alkanes) is 5. The lowest BCUT2D eigenvalue weighted by Gasteiger charge is -2.51. The number of esters is 2. The third kappa shape index (κ3) is 2.50. The van der Waals surface area contributed by atoms with E-state index in [0.717, 1.165) is 32.1 Å². The minimum atomic E-state index is -1.29. The topological polar surface area (TPSA) is 144 Å². The van der Waals surface area contributed by atoms with Crippen molar-refractivity contribution >= 4 is 321 Å². The van der Waals surface area contributed by atoms with E-state index in [9.17, 15) is 4.79 Å². The second-order valence-corrected chi connectivity index (χ2v) is 30.0. The van der Waals surface area contributed by atoms with Crippen molar-refractivity contribution in [3.63, 3.8) is 0 Å². The molecule has 400 valence electrons. The van der Waals surface area contributed by atoms with Gasteiger partial charge < -0.3 is 14.4 Å². The predicted octanol–water partition coefficient (Wildman–Crippen LogP) is 17.1. The minimum Gasteiger partial charge on any atom is -0.467 e. The Hall–Kier alpha value is -10.5. The molecule has 2 heterocycles. The molecule has 1 fully saturated rings. The summed E-state index contributed by atoms with van der Waals surface area (Å²) in [5, 5.41) is 86.0. The van der Waals surface area contributed by atoms with Gasteiger partial charge in [0.2, 0.25) is 17.8 Å². The number of aromatic nitrogens is 3. The molecule has 89 heavy (non-hydrogen) atoms. The number of anilines is 1. The normalized spacial score (nSPS) is 21.8. The van der Waals surface area contributed by atoms with Gasteiger partial charge in [-0.05, 0) is 326 Å². The highest BCUT2D eigenvalue weighted by molar-refractivity contribution is 6.82. The maximum absolute atomic E-state index is 16.8. The average molecular weight is 1130 g/mol. The fourth-order valence-electron chi connectivity index (χ4n) is 27.9. The lowest BCUT2D eigenvalue weighted by Crippen LogP contribution is -2.59. The zero-order valence-electron chi connectivity index (χ0n) is 46.7. The second kappa shape index (κ2) is 9.85. The fourth-order valence-corrected chi connectivity index (χ4v) is 27.9. The number of nitrogens with zero attached hydrogens (tertiary/aromatic N) is 3. The van der Waals surface area contributed by atoms with Crippen LogP contribution < -0.4 is 5.32 Å². The molecular weight excluding hydrogens is 1100 g/mol. The molecule has 11 nitrogen and oxygen atoms in total. The van der Waals surface area contributed by atoms with Crippen molar-refractivity contribution in [2.24, 2.45) is 0 Å². The van der Waals surface area contributed by atoms with E-state index in [4.69, 9.17) is 9.47 Å². The van der Waals surface area contributed by atoms with Gasteiger partial charge in [-0.1, -0.05) is 25.7 Å². The molecule has 2 amide bonds. The molecule has 11 heteroatoms. The highest BCUT2D eigenvalue weighted by Crippen LogP contribution is 2.87. The van der Waals surface area contributed by atoms with E-state index in [-0.39, 0.29) is 24.2 Å². The van der Waals surface area contributed by atoms with Gasteiger partial charge in [0.1, 0.15) is 18.4 Å². The number of likely N-dealkylation sites (tertiary alicyclic amines) is 1. The standard InChI is InChI=1S/C78H27N5O6/c1-88-74(86)72-77-68-60-52-42-32-24-16-14-15-18-22-20(16)28-36-30(22)40-34-26(18)27-19(15)23-21-17(14)25(24)33-39-29(21)37-31(23)41-35(27)45-44(34)54-48(40)58-50(36)56(46(52)38(28)32)64(68)66(58)70-62(54)63-55(45)49(41)59-51(37)57-47(39)53(43(33)42)61(60)69(77)65(57)67(59)71(63)78(70,77)73(75(87)89-2)83(72)13(85)10-8-6-4-3-5-7-9-12(84)81-76-79-11-80-82-76/h11,72-73H,3-10H2,1-2H3,(H2,79,80,81,82,84). The van der Waals surface area contributed by atoms with Crippen LogP contribution in [0.3, 0.4) is 0 Å². The monoisotopic (exact) mass is 1130 g/mol. The van der Waals surface area contributed by atoms with Crippen LogP contribution in [0.5, 0.6) is 0 Å². The molecule has 0 saturated carbocycles. The maximum Gasteiger partial charge on any atom is 0.329 e. The van der Waals surface area contributed by atoms with Crippen molar-refractivity contribution in [3.8, 4) is 0 Å². The molecule has 1 aliphatic heterocycles. The van der Waals surface area contributed by atoms with Crippen molar-refractivity contribution in [1.29, 1.82) is 0 Å². The van der Waals surface area contributed by atoms with Crippen LogP contribution in [0.2, 0.25) is 0 Å². The molecule has 1 aromatic heterocycles. The first kappa shape index (κ1) is 38.6. The number of amides is 2. The van der Waals surface area contributed by atoms with Crippen LogP contribution in [-0.4, -0.2) is 70.1 Å². The Balaban J connectivity index is 0.818. The van der Waals surface area contributed by atoms with Gasteiger partial charge in [0.25, 0.3) is 0 Å². The minimum absolute atomic E-state index is 0.112. The quantitative estimate of drug-likeness (QED) is 0.0699. The van der Waals surface area contributed by atoms with Gasteiger partial charge in [-0.25, -0.2) is 14.6 Å². The van der Waals surface area contributed by atoms with E-state index >= 15 is 14.4 Å². The first-order valence-electron chi connectivity index (χ1n) is 32.4. The third-order valence-electron chi connectivity index (χ3n) is 28.7. The van der Waals surface area contributed by atoms with Gasteiger partial charge in [0.05, 0.1) is 25.0 Å². The number of H-pyrrole nitrogens is 1. The van der Waals surface area contributed by atoms with E-state index in [1.54, 1.807) is 0 Å². The summed E-state index contributed by atoms with van der Waals surface area (Å²) in [4.78, 5) is 68.8. The summed E-state index contributed by atoms with van der Waals surface area (Å²) in [6.07, 6.45) is 6.73. The molecule has 2 unspecified atom stereocenters. The summed E-state index contributed by atoms with van der Waals surface area (Å²) in [5.74, 6) is -0.962. The lowest BCUT2D eigenvalue weighted by atomic mass is 9.46. The largest absolute Gasteiger partial charge is 0.467 e. The Kier molecular flexibility index (Phi) is 4.27. The van der Waals surface area contributed by atoms with E-state index in [2.05, 4.69) is 20.5 Å². The Bertz CT molecular complexity index is 7510. The van der Waals surface area contributed by atoms with Crippen LogP contribution in [0.4, 0.5) is 5.95 Å². The molecular formula is C78H27N5O6. The number of hydrogen-bond acceptors (Lipinski definition) is 8. The molecule has 29 aromatic rings. The van der Waals surface area contributed by atoms with E-state index in [1.165, 1.54) is 334 Å². The number of hydrogen-bond donors (Lipinski definition) is 2. The van der Waals surface area contributed by atoms with Crippen LogP contribution in [0.25, 0.3) is 291 Å². The lowest BCUT2D eigenvalue weighted by molar-refractivity contribution is -0.159. The Morgan fingerprint density at radius 3 is 0.809 bits per heavy atom. The van der Waals surface area contributed by atoms with Crippen LogP contribution in [-0.2, 0) is 39.5 Å². The van der Waals surface area contributed by atoms with Crippen molar-refractivity contribution in [2.45, 2.75) is 74.3 Å². The smallest absolute Gasteiger partial charge is 0.329 e. The average Bonchev–Trinajstić information content (AvgIpc) is 1.38. The molecule has 2 atom stereocenters. The number of carbonyl (C=O) groups excluding carboxylic acids is 4. The molecule has 28 aromatic carbocycles. The van der Waals surface area contributed by atoms with Gasteiger partial charge in [0.15, 0.2) is 0 Å². The van der Waals surface area contributed by atoms with Crippen LogP contribution in [0, 0.1) is 0 Å². The first-order chi connectivity index (χ1) is 44.0. The predicted molar refractivity (Wildman–Crippen MR) is 354 cm³/mol. The van der Waals surface area contributed by atoms with Crippen molar-refractivity contribution < 1.29 is 28.7 Å². The highest BCUT2D eigenvalue weighted by Gasteiger charge is 2.83. The molecule has 4 aliphatic carbocycles. The number of aromatic amines is 1. The zero-order chi connectivity index (χ0) is 55.7. The summed E-state index contributed by atoms with van der Waals surface area (Å²) in [7, 11) is 3.04. The Labute approximate surface area is 489 Å². The number of rotatable bonds is 12. The summed E-state index contributed by atoms with van der Waals surface area (Å²) >= 11 is 0. The summed E-state index contributed by atoms with van der Waals surface area (Å²) in [6.45, 7) is 0. The Morgan fingerprint density at radius 1 is 0.360 bits per heavy atom. The van der Waals surface area contributed by atoms with E-state index in [0.29, 0.717) is 12.8 Å². The molecule has 0 radical (unpaired) electrons.